The maximum absolute atomic E-state index is 12.6. The summed E-state index contributed by atoms with van der Waals surface area (Å²) >= 11 is 0. The Balaban J connectivity index is 2.11. The summed E-state index contributed by atoms with van der Waals surface area (Å²) in [6, 6.07) is 0.262. The number of hydrogen-bond acceptors (Lipinski definition) is 2. The lowest BCUT2D eigenvalue weighted by Gasteiger charge is -2.26. The van der Waals surface area contributed by atoms with Gasteiger partial charge in [0.1, 0.15) is 0 Å². The van der Waals surface area contributed by atoms with Gasteiger partial charge in [-0.25, -0.2) is 0 Å². The van der Waals surface area contributed by atoms with Gasteiger partial charge in [0.15, 0.2) is 0 Å². The fourth-order valence-electron chi connectivity index (χ4n) is 3.84. The number of carboxylic acids is 1. The van der Waals surface area contributed by atoms with Gasteiger partial charge >= 0.3 is 5.97 Å². The van der Waals surface area contributed by atoms with E-state index in [9.17, 15) is 14.7 Å². The summed E-state index contributed by atoms with van der Waals surface area (Å²) in [6.07, 6.45) is 3.43. The van der Waals surface area contributed by atoms with Gasteiger partial charge in [0.25, 0.3) is 0 Å². The summed E-state index contributed by atoms with van der Waals surface area (Å²) in [5, 5.41) is 9.34. The lowest BCUT2D eigenvalue weighted by Crippen LogP contribution is -2.41. The number of amides is 1. The normalized spacial score (nSPS) is 38.7. The van der Waals surface area contributed by atoms with Gasteiger partial charge in [0.2, 0.25) is 5.91 Å². The molecule has 0 spiro atoms. The van der Waals surface area contributed by atoms with E-state index in [-0.39, 0.29) is 17.9 Å². The molecule has 0 bridgehead atoms. The molecule has 1 aliphatic heterocycles. The van der Waals surface area contributed by atoms with Crippen molar-refractivity contribution in [1.29, 1.82) is 0 Å². The summed E-state index contributed by atoms with van der Waals surface area (Å²) in [5.41, 5.74) is 0. The van der Waals surface area contributed by atoms with Crippen molar-refractivity contribution >= 4 is 11.9 Å². The number of hydrogen-bond donors (Lipinski definition) is 1. The number of likely N-dealkylation sites (tertiary alicyclic amines) is 1. The van der Waals surface area contributed by atoms with Crippen molar-refractivity contribution in [1.82, 2.24) is 4.90 Å². The van der Waals surface area contributed by atoms with Crippen LogP contribution in [0.15, 0.2) is 0 Å². The number of carboxylic acid groups (broad SMARTS) is 1. The van der Waals surface area contributed by atoms with E-state index in [0.717, 1.165) is 25.8 Å². The monoisotopic (exact) mass is 267 g/mol. The molecule has 4 nitrogen and oxygen atoms in total. The maximum atomic E-state index is 12.6. The van der Waals surface area contributed by atoms with Crippen molar-refractivity contribution in [3.8, 4) is 0 Å². The molecule has 1 saturated carbocycles. The van der Waals surface area contributed by atoms with Gasteiger partial charge in [0, 0.05) is 12.6 Å². The van der Waals surface area contributed by atoms with Crippen molar-refractivity contribution in [2.75, 3.05) is 6.54 Å². The Bertz CT molecular complexity index is 368. The average Bonchev–Trinajstić information content (AvgIpc) is 2.91. The maximum Gasteiger partial charge on any atom is 0.307 e. The molecule has 0 aromatic rings. The first-order chi connectivity index (χ1) is 8.93. The third kappa shape index (κ3) is 2.77. The standard InChI is InChI=1S/C15H25NO3/c1-4-11-6-12(13(7-11)15(18)19)14(17)16-8-9(2)5-10(16)3/h9-13H,4-8H2,1-3H3,(H,18,19). The van der Waals surface area contributed by atoms with Crippen LogP contribution in [0.1, 0.15) is 46.5 Å². The smallest absolute Gasteiger partial charge is 0.307 e. The first kappa shape index (κ1) is 14.4. The largest absolute Gasteiger partial charge is 0.481 e. The molecule has 1 saturated heterocycles. The zero-order chi connectivity index (χ0) is 14.2. The number of aliphatic carboxylic acids is 1. The minimum absolute atomic E-state index is 0.0835. The molecular formula is C15H25NO3. The second-order valence-electron chi connectivity index (χ2n) is 6.48. The van der Waals surface area contributed by atoms with Crippen LogP contribution in [0.2, 0.25) is 0 Å². The Morgan fingerprint density at radius 1 is 1.16 bits per heavy atom. The second kappa shape index (κ2) is 5.51. The van der Waals surface area contributed by atoms with Crippen LogP contribution in [-0.4, -0.2) is 34.5 Å². The topological polar surface area (TPSA) is 57.6 Å². The van der Waals surface area contributed by atoms with Gasteiger partial charge in [-0.15, -0.1) is 0 Å². The molecule has 1 aliphatic carbocycles. The molecule has 4 heteroatoms. The predicted molar refractivity (Wildman–Crippen MR) is 72.6 cm³/mol. The molecule has 5 atom stereocenters. The Morgan fingerprint density at radius 2 is 1.79 bits per heavy atom. The number of carbonyl (C=O) groups is 2. The van der Waals surface area contributed by atoms with Crippen LogP contribution in [0.5, 0.6) is 0 Å². The number of rotatable bonds is 3. The van der Waals surface area contributed by atoms with Crippen LogP contribution in [0.4, 0.5) is 0 Å². The Kier molecular flexibility index (Phi) is 4.16. The highest BCUT2D eigenvalue weighted by Crippen LogP contribution is 2.40. The van der Waals surface area contributed by atoms with E-state index in [4.69, 9.17) is 0 Å². The minimum atomic E-state index is -0.797. The second-order valence-corrected chi connectivity index (χ2v) is 6.48. The summed E-state index contributed by atoms with van der Waals surface area (Å²) < 4.78 is 0. The lowest BCUT2D eigenvalue weighted by atomic mass is 9.94. The third-order valence-electron chi connectivity index (χ3n) is 4.94. The molecule has 1 N–H and O–H groups in total. The molecule has 2 fully saturated rings. The van der Waals surface area contributed by atoms with Crippen LogP contribution in [0, 0.1) is 23.7 Å². The first-order valence-corrected chi connectivity index (χ1v) is 7.47. The molecular weight excluding hydrogens is 242 g/mol. The summed E-state index contributed by atoms with van der Waals surface area (Å²) in [7, 11) is 0. The number of carbonyl (C=O) groups excluding carboxylic acids is 1. The molecule has 5 unspecified atom stereocenters. The molecule has 1 heterocycles. The molecule has 2 rings (SSSR count). The highest BCUT2D eigenvalue weighted by atomic mass is 16.4. The van der Waals surface area contributed by atoms with E-state index in [0.29, 0.717) is 18.3 Å². The Hall–Kier alpha value is -1.06. The Labute approximate surface area is 115 Å². The van der Waals surface area contributed by atoms with Gasteiger partial charge in [-0.1, -0.05) is 20.3 Å². The zero-order valence-electron chi connectivity index (χ0n) is 12.1. The summed E-state index contributed by atoms with van der Waals surface area (Å²) in [5.74, 6) is -0.554. The quantitative estimate of drug-likeness (QED) is 0.854. The SMILES string of the molecule is CCC1CC(C(=O)O)C(C(=O)N2CC(C)CC2C)C1. The van der Waals surface area contributed by atoms with Crippen molar-refractivity contribution in [3.63, 3.8) is 0 Å². The van der Waals surface area contributed by atoms with Gasteiger partial charge in [-0.3, -0.25) is 9.59 Å². The van der Waals surface area contributed by atoms with Crippen LogP contribution in [0.25, 0.3) is 0 Å². The molecule has 2 aliphatic rings. The first-order valence-electron chi connectivity index (χ1n) is 7.47. The van der Waals surface area contributed by atoms with E-state index in [2.05, 4.69) is 20.8 Å². The van der Waals surface area contributed by atoms with E-state index in [1.165, 1.54) is 0 Å². The van der Waals surface area contributed by atoms with Gasteiger partial charge < -0.3 is 10.0 Å². The molecule has 0 radical (unpaired) electrons. The fourth-order valence-corrected chi connectivity index (χ4v) is 3.84. The van der Waals surface area contributed by atoms with Gasteiger partial charge in [0.05, 0.1) is 11.8 Å². The van der Waals surface area contributed by atoms with Crippen LogP contribution < -0.4 is 0 Å². The molecule has 1 amide bonds. The average molecular weight is 267 g/mol. The summed E-state index contributed by atoms with van der Waals surface area (Å²) in [4.78, 5) is 25.9. The summed E-state index contributed by atoms with van der Waals surface area (Å²) in [6.45, 7) is 7.10. The number of nitrogens with zero attached hydrogens (tertiary/aromatic N) is 1. The molecule has 19 heavy (non-hydrogen) atoms. The van der Waals surface area contributed by atoms with Crippen molar-refractivity contribution in [2.45, 2.75) is 52.5 Å². The highest BCUT2D eigenvalue weighted by Gasteiger charge is 2.45. The van der Waals surface area contributed by atoms with E-state index >= 15 is 0 Å². The highest BCUT2D eigenvalue weighted by molar-refractivity contribution is 5.85. The molecule has 108 valence electrons. The van der Waals surface area contributed by atoms with Crippen molar-refractivity contribution in [2.24, 2.45) is 23.7 Å². The van der Waals surface area contributed by atoms with E-state index in [1.54, 1.807) is 0 Å². The van der Waals surface area contributed by atoms with Crippen LogP contribution in [-0.2, 0) is 9.59 Å². The predicted octanol–water partition coefficient (Wildman–Crippen LogP) is 2.38. The van der Waals surface area contributed by atoms with Crippen molar-refractivity contribution in [3.05, 3.63) is 0 Å². The Morgan fingerprint density at radius 3 is 2.26 bits per heavy atom. The van der Waals surface area contributed by atoms with Crippen LogP contribution in [0.3, 0.4) is 0 Å². The van der Waals surface area contributed by atoms with Gasteiger partial charge in [-0.2, -0.15) is 0 Å². The molecule has 0 aromatic carbocycles. The van der Waals surface area contributed by atoms with Crippen molar-refractivity contribution < 1.29 is 14.7 Å². The van der Waals surface area contributed by atoms with Gasteiger partial charge in [-0.05, 0) is 38.0 Å². The van der Waals surface area contributed by atoms with E-state index < -0.39 is 11.9 Å². The zero-order valence-corrected chi connectivity index (χ0v) is 12.1. The molecule has 0 aromatic heterocycles. The van der Waals surface area contributed by atoms with Crippen LogP contribution >= 0.6 is 0 Å². The van der Waals surface area contributed by atoms with E-state index in [1.807, 2.05) is 4.90 Å². The minimum Gasteiger partial charge on any atom is -0.481 e. The third-order valence-corrected chi connectivity index (χ3v) is 4.94. The lowest BCUT2D eigenvalue weighted by molar-refractivity contribution is -0.149. The fraction of sp³-hybridized carbons (Fsp3) is 0.867.